The van der Waals surface area contributed by atoms with E-state index in [1.165, 1.54) is 12.1 Å². The van der Waals surface area contributed by atoms with Crippen molar-refractivity contribution in [2.45, 2.75) is 26.7 Å². The van der Waals surface area contributed by atoms with Crippen LogP contribution in [0.1, 0.15) is 37.8 Å². The summed E-state index contributed by atoms with van der Waals surface area (Å²) < 4.78 is 13.1. The van der Waals surface area contributed by atoms with Crippen molar-refractivity contribution in [2.75, 3.05) is 11.4 Å². The molecule has 0 unspecified atom stereocenters. The lowest BCUT2D eigenvalue weighted by Gasteiger charge is -2.35. The summed E-state index contributed by atoms with van der Waals surface area (Å²) >= 11 is 0. The number of halogens is 1. The Bertz CT molecular complexity index is 816. The molecule has 1 aliphatic rings. The molecule has 1 aromatic heterocycles. The molecule has 1 aliphatic heterocycles. The summed E-state index contributed by atoms with van der Waals surface area (Å²) in [5, 5.41) is 0. The van der Waals surface area contributed by atoms with Gasteiger partial charge in [-0.25, -0.2) is 9.37 Å². The number of amides is 1. The first kappa shape index (κ1) is 16.2. The van der Waals surface area contributed by atoms with Gasteiger partial charge in [-0.05, 0) is 42.2 Å². The van der Waals surface area contributed by atoms with Crippen LogP contribution in [0.25, 0.3) is 0 Å². The van der Waals surface area contributed by atoms with E-state index in [0.29, 0.717) is 24.3 Å². The molecule has 24 heavy (non-hydrogen) atoms. The maximum absolute atomic E-state index is 13.1. The average molecular weight is 322 g/mol. The van der Waals surface area contributed by atoms with Gasteiger partial charge in [0, 0.05) is 30.3 Å². The van der Waals surface area contributed by atoms with Crippen LogP contribution in [0.3, 0.4) is 0 Å². The molecule has 3 rings (SSSR count). The lowest BCUT2D eigenvalue weighted by atomic mass is 9.82. The molecule has 122 valence electrons. The summed E-state index contributed by atoms with van der Waals surface area (Å²) in [5.74, 6) is 6.33. The molecular formula is C20H19FN2O. The fourth-order valence-electron chi connectivity index (χ4n) is 2.70. The van der Waals surface area contributed by atoms with Gasteiger partial charge in [-0.3, -0.25) is 9.69 Å². The number of rotatable bonds is 1. The molecule has 2 aromatic rings. The number of hydrogen-bond acceptors (Lipinski definition) is 2. The van der Waals surface area contributed by atoms with Crippen molar-refractivity contribution in [1.29, 1.82) is 0 Å². The molecule has 0 bridgehead atoms. The first-order valence-electron chi connectivity index (χ1n) is 7.97. The normalized spacial score (nSPS) is 16.5. The van der Waals surface area contributed by atoms with Gasteiger partial charge in [0.1, 0.15) is 11.6 Å². The van der Waals surface area contributed by atoms with E-state index in [1.54, 1.807) is 23.2 Å². The second kappa shape index (κ2) is 6.45. The third-order valence-corrected chi connectivity index (χ3v) is 4.14. The van der Waals surface area contributed by atoms with Gasteiger partial charge in [-0.1, -0.05) is 31.8 Å². The molecule has 0 radical (unpaired) electrons. The van der Waals surface area contributed by atoms with E-state index >= 15 is 0 Å². The Hall–Kier alpha value is -2.67. The van der Waals surface area contributed by atoms with E-state index in [2.05, 4.69) is 30.7 Å². The lowest BCUT2D eigenvalue weighted by Crippen LogP contribution is -2.42. The van der Waals surface area contributed by atoms with Crippen LogP contribution in [0.2, 0.25) is 0 Å². The highest BCUT2D eigenvalue weighted by atomic mass is 19.1. The van der Waals surface area contributed by atoms with Crippen LogP contribution in [-0.4, -0.2) is 17.4 Å². The van der Waals surface area contributed by atoms with Gasteiger partial charge in [0.25, 0.3) is 0 Å². The van der Waals surface area contributed by atoms with Crippen LogP contribution >= 0.6 is 0 Å². The zero-order valence-corrected chi connectivity index (χ0v) is 13.8. The number of piperidine rings is 1. The standard InChI is InChI=1S/C20H19FN2O/c1-20(2)10-11-23(19(24)13-20)18-9-8-16(14-22-18)7-6-15-4-3-5-17(21)12-15/h3-5,8-9,12,14H,10-11,13H2,1-2H3. The van der Waals surface area contributed by atoms with Gasteiger partial charge < -0.3 is 0 Å². The van der Waals surface area contributed by atoms with E-state index < -0.39 is 0 Å². The van der Waals surface area contributed by atoms with Gasteiger partial charge in [-0.15, -0.1) is 0 Å². The van der Waals surface area contributed by atoms with Crippen LogP contribution in [-0.2, 0) is 4.79 Å². The van der Waals surface area contributed by atoms with Crippen molar-refractivity contribution in [1.82, 2.24) is 4.98 Å². The summed E-state index contributed by atoms with van der Waals surface area (Å²) in [4.78, 5) is 18.4. The predicted octanol–water partition coefficient (Wildman–Crippen LogP) is 3.77. The highest BCUT2D eigenvalue weighted by molar-refractivity contribution is 5.93. The number of benzene rings is 1. The summed E-state index contributed by atoms with van der Waals surface area (Å²) in [6.07, 6.45) is 3.14. The molecule has 0 aliphatic carbocycles. The second-order valence-corrected chi connectivity index (χ2v) is 6.80. The van der Waals surface area contributed by atoms with Gasteiger partial charge in [-0.2, -0.15) is 0 Å². The monoisotopic (exact) mass is 322 g/mol. The first-order valence-corrected chi connectivity index (χ1v) is 7.97. The molecule has 1 amide bonds. The topological polar surface area (TPSA) is 33.2 Å². The highest BCUT2D eigenvalue weighted by Gasteiger charge is 2.32. The van der Waals surface area contributed by atoms with Crippen LogP contribution in [0, 0.1) is 23.1 Å². The number of carbonyl (C=O) groups is 1. The van der Waals surface area contributed by atoms with E-state index in [0.717, 1.165) is 12.0 Å². The Morgan fingerprint density at radius 3 is 2.62 bits per heavy atom. The molecule has 0 atom stereocenters. The quantitative estimate of drug-likeness (QED) is 0.749. The van der Waals surface area contributed by atoms with Crippen LogP contribution in [0.5, 0.6) is 0 Å². The van der Waals surface area contributed by atoms with Crippen LogP contribution in [0.15, 0.2) is 42.6 Å². The zero-order chi connectivity index (χ0) is 17.2. The molecule has 2 heterocycles. The molecule has 0 spiro atoms. The Morgan fingerprint density at radius 1 is 1.17 bits per heavy atom. The molecule has 3 nitrogen and oxygen atoms in total. The predicted molar refractivity (Wildman–Crippen MR) is 92.0 cm³/mol. The molecule has 1 saturated heterocycles. The van der Waals surface area contributed by atoms with Crippen LogP contribution < -0.4 is 4.90 Å². The zero-order valence-electron chi connectivity index (χ0n) is 13.8. The van der Waals surface area contributed by atoms with Gasteiger partial charge in [0.05, 0.1) is 0 Å². The van der Waals surface area contributed by atoms with Crippen LogP contribution in [0.4, 0.5) is 10.2 Å². The number of hydrogen-bond donors (Lipinski definition) is 0. The number of pyridine rings is 1. The molecule has 0 N–H and O–H groups in total. The molecule has 0 saturated carbocycles. The smallest absolute Gasteiger partial charge is 0.228 e. The molecular weight excluding hydrogens is 303 g/mol. The minimum absolute atomic E-state index is 0.0595. The number of carbonyl (C=O) groups excluding carboxylic acids is 1. The number of aromatic nitrogens is 1. The van der Waals surface area contributed by atoms with Crippen molar-refractivity contribution in [3.05, 3.63) is 59.5 Å². The summed E-state index contributed by atoms with van der Waals surface area (Å²) in [6.45, 7) is 4.91. The maximum atomic E-state index is 13.1. The number of anilines is 1. The Morgan fingerprint density at radius 2 is 1.96 bits per heavy atom. The summed E-state index contributed by atoms with van der Waals surface area (Å²) in [7, 11) is 0. The van der Waals surface area contributed by atoms with E-state index in [4.69, 9.17) is 0 Å². The average Bonchev–Trinajstić information content (AvgIpc) is 2.53. The number of nitrogens with zero attached hydrogens (tertiary/aromatic N) is 2. The van der Waals surface area contributed by atoms with Crippen molar-refractivity contribution < 1.29 is 9.18 Å². The molecule has 1 aromatic carbocycles. The maximum Gasteiger partial charge on any atom is 0.228 e. The van der Waals surface area contributed by atoms with Crippen molar-refractivity contribution in [2.24, 2.45) is 5.41 Å². The Labute approximate surface area is 141 Å². The van der Waals surface area contributed by atoms with Gasteiger partial charge >= 0.3 is 0 Å². The lowest BCUT2D eigenvalue weighted by molar-refractivity contribution is -0.122. The Kier molecular flexibility index (Phi) is 4.35. The summed E-state index contributed by atoms with van der Waals surface area (Å²) in [6, 6.07) is 9.81. The van der Waals surface area contributed by atoms with Crippen molar-refractivity contribution in [3.63, 3.8) is 0 Å². The highest BCUT2D eigenvalue weighted by Crippen LogP contribution is 2.32. The van der Waals surface area contributed by atoms with Gasteiger partial charge in [0.15, 0.2) is 0 Å². The van der Waals surface area contributed by atoms with E-state index in [9.17, 15) is 9.18 Å². The largest absolute Gasteiger partial charge is 0.297 e. The molecule has 1 fully saturated rings. The second-order valence-electron chi connectivity index (χ2n) is 6.80. The van der Waals surface area contributed by atoms with Gasteiger partial charge in [0.2, 0.25) is 5.91 Å². The first-order chi connectivity index (χ1) is 11.4. The Balaban J connectivity index is 1.74. The van der Waals surface area contributed by atoms with E-state index in [1.807, 2.05) is 12.1 Å². The van der Waals surface area contributed by atoms with Crippen molar-refractivity contribution >= 4 is 11.7 Å². The fraction of sp³-hybridized carbons (Fsp3) is 0.300. The third kappa shape index (κ3) is 3.80. The SMILES string of the molecule is CC1(C)CCN(c2ccc(C#Cc3cccc(F)c3)cn2)C(=O)C1. The molecule has 4 heteroatoms. The minimum atomic E-state index is -0.304. The van der Waals surface area contributed by atoms with Crippen molar-refractivity contribution in [3.8, 4) is 11.8 Å². The fourth-order valence-corrected chi connectivity index (χ4v) is 2.70. The summed E-state index contributed by atoms with van der Waals surface area (Å²) in [5.41, 5.74) is 1.41. The minimum Gasteiger partial charge on any atom is -0.297 e. The third-order valence-electron chi connectivity index (χ3n) is 4.14. The van der Waals surface area contributed by atoms with E-state index in [-0.39, 0.29) is 17.1 Å².